The largest absolute Gasteiger partial charge is 0.507 e. The van der Waals surface area contributed by atoms with E-state index in [4.69, 9.17) is 16.7 Å². The van der Waals surface area contributed by atoms with Gasteiger partial charge >= 0.3 is 5.97 Å². The molecule has 0 aliphatic carbocycles. The number of carboxylic acid groups (broad SMARTS) is 1. The molecule has 0 unspecified atom stereocenters. The maximum Gasteiger partial charge on any atom is 0.338 e. The molecule has 0 radical (unpaired) electrons. The molecule has 0 saturated carbocycles. The first kappa shape index (κ1) is 14.4. The van der Waals surface area contributed by atoms with Gasteiger partial charge in [0.15, 0.2) is 0 Å². The molecule has 1 amide bonds. The number of aryl methyl sites for hydroxylation is 1. The van der Waals surface area contributed by atoms with Crippen molar-refractivity contribution in [3.63, 3.8) is 0 Å². The fourth-order valence-corrected chi connectivity index (χ4v) is 2.70. The quantitative estimate of drug-likeness (QED) is 0.811. The summed E-state index contributed by atoms with van der Waals surface area (Å²) in [5, 5.41) is 21.7. The van der Waals surface area contributed by atoms with Crippen LogP contribution in [-0.2, 0) is 0 Å². The van der Waals surface area contributed by atoms with Gasteiger partial charge in [-0.1, -0.05) is 11.6 Å². The van der Waals surface area contributed by atoms with Crippen molar-refractivity contribution in [1.82, 2.24) is 0 Å². The fourth-order valence-electron chi connectivity index (χ4n) is 1.63. The number of carboxylic acids is 1. The monoisotopic (exact) mass is 311 g/mol. The van der Waals surface area contributed by atoms with Gasteiger partial charge in [-0.2, -0.15) is 0 Å². The predicted molar refractivity (Wildman–Crippen MR) is 77.1 cm³/mol. The van der Waals surface area contributed by atoms with Crippen molar-refractivity contribution in [1.29, 1.82) is 0 Å². The Labute approximate surface area is 123 Å². The van der Waals surface area contributed by atoms with Crippen molar-refractivity contribution in [2.45, 2.75) is 6.92 Å². The highest BCUT2D eigenvalue weighted by Crippen LogP contribution is 2.29. The number of thiophene rings is 1. The molecule has 1 aromatic heterocycles. The molecule has 104 valence electrons. The molecular formula is C13H10ClNO4S. The maximum atomic E-state index is 12.0. The molecule has 5 nitrogen and oxygen atoms in total. The minimum atomic E-state index is -1.12. The second-order valence-electron chi connectivity index (χ2n) is 4.02. The summed E-state index contributed by atoms with van der Waals surface area (Å²) in [6.07, 6.45) is 0. The third-order valence-corrected chi connectivity index (χ3v) is 3.72. The molecule has 0 aliphatic heterocycles. The number of phenols is 1. The summed E-state index contributed by atoms with van der Waals surface area (Å²) in [5.41, 5.74) is 0.0473. The topological polar surface area (TPSA) is 86.6 Å². The van der Waals surface area contributed by atoms with E-state index in [1.165, 1.54) is 24.3 Å². The Bertz CT molecular complexity index is 696. The van der Waals surface area contributed by atoms with E-state index in [0.29, 0.717) is 5.02 Å². The molecule has 0 atom stereocenters. The van der Waals surface area contributed by atoms with Crippen molar-refractivity contribution in [3.05, 3.63) is 45.3 Å². The second kappa shape index (κ2) is 5.52. The maximum absolute atomic E-state index is 12.0. The van der Waals surface area contributed by atoms with E-state index in [0.717, 1.165) is 16.2 Å². The van der Waals surface area contributed by atoms with Crippen LogP contribution in [0.1, 0.15) is 25.6 Å². The van der Waals surface area contributed by atoms with Crippen LogP contribution in [0, 0.1) is 6.92 Å². The summed E-state index contributed by atoms with van der Waals surface area (Å²) in [5.74, 6) is -1.98. The Kier molecular flexibility index (Phi) is 3.96. The minimum Gasteiger partial charge on any atom is -0.507 e. The van der Waals surface area contributed by atoms with Gasteiger partial charge < -0.3 is 15.5 Å². The number of aromatic hydroxyl groups is 1. The van der Waals surface area contributed by atoms with Gasteiger partial charge in [0.05, 0.1) is 11.1 Å². The number of phenolic OH excluding ortho intramolecular Hbond substituents is 1. The van der Waals surface area contributed by atoms with Crippen molar-refractivity contribution in [3.8, 4) is 5.75 Å². The number of nitrogens with one attached hydrogen (secondary N) is 1. The molecule has 0 aliphatic rings. The van der Waals surface area contributed by atoms with Crippen molar-refractivity contribution < 1.29 is 19.8 Å². The Morgan fingerprint density at radius 2 is 1.95 bits per heavy atom. The average molecular weight is 312 g/mol. The predicted octanol–water partition coefficient (Wildman–Crippen LogP) is 3.37. The van der Waals surface area contributed by atoms with Crippen LogP contribution < -0.4 is 5.32 Å². The lowest BCUT2D eigenvalue weighted by Gasteiger charge is -2.06. The molecule has 2 aromatic rings. The van der Waals surface area contributed by atoms with E-state index in [2.05, 4.69) is 5.32 Å². The van der Waals surface area contributed by atoms with E-state index in [1.807, 2.05) is 0 Å². The summed E-state index contributed by atoms with van der Waals surface area (Å²) in [6.45, 7) is 1.74. The Morgan fingerprint density at radius 1 is 1.25 bits per heavy atom. The van der Waals surface area contributed by atoms with E-state index in [1.54, 1.807) is 6.92 Å². The fraction of sp³-hybridized carbons (Fsp3) is 0.0769. The Hall–Kier alpha value is -2.05. The zero-order valence-corrected chi connectivity index (χ0v) is 11.9. The first-order valence-corrected chi connectivity index (χ1v) is 6.71. The summed E-state index contributed by atoms with van der Waals surface area (Å²) in [7, 11) is 0. The summed E-state index contributed by atoms with van der Waals surface area (Å²) in [4.78, 5) is 23.8. The van der Waals surface area contributed by atoms with Crippen LogP contribution in [0.25, 0.3) is 0 Å². The standard InChI is InChI=1S/C13H10ClNO4S/c1-6-4-9(13(18)19)12(20-6)15-11(17)8-3-2-7(14)5-10(8)16/h2-5,16H,1H3,(H,15,17)(H,18,19). The molecule has 0 saturated heterocycles. The van der Waals surface area contributed by atoms with Gasteiger partial charge in [0, 0.05) is 9.90 Å². The van der Waals surface area contributed by atoms with Gasteiger partial charge in [-0.05, 0) is 31.2 Å². The number of halogens is 1. The summed E-state index contributed by atoms with van der Waals surface area (Å²) < 4.78 is 0. The lowest BCUT2D eigenvalue weighted by atomic mass is 10.2. The number of anilines is 1. The minimum absolute atomic E-state index is 0.0225. The molecule has 2 rings (SSSR count). The highest BCUT2D eigenvalue weighted by Gasteiger charge is 2.18. The van der Waals surface area contributed by atoms with Crippen LogP contribution in [0.3, 0.4) is 0 Å². The van der Waals surface area contributed by atoms with Gasteiger partial charge in [0.2, 0.25) is 0 Å². The number of carbonyl (C=O) groups excluding carboxylic acids is 1. The van der Waals surface area contributed by atoms with E-state index in [-0.39, 0.29) is 21.9 Å². The summed E-state index contributed by atoms with van der Waals surface area (Å²) in [6, 6.07) is 5.56. The number of hydrogen-bond acceptors (Lipinski definition) is 4. The lowest BCUT2D eigenvalue weighted by Crippen LogP contribution is -2.13. The molecule has 7 heteroatoms. The van der Waals surface area contributed by atoms with Gasteiger partial charge in [-0.3, -0.25) is 4.79 Å². The van der Waals surface area contributed by atoms with Gasteiger partial charge in [-0.15, -0.1) is 11.3 Å². The highest BCUT2D eigenvalue weighted by molar-refractivity contribution is 7.16. The smallest absolute Gasteiger partial charge is 0.338 e. The van der Waals surface area contributed by atoms with Crippen molar-refractivity contribution in [2.24, 2.45) is 0 Å². The normalized spacial score (nSPS) is 10.3. The number of benzene rings is 1. The first-order valence-electron chi connectivity index (χ1n) is 5.52. The molecule has 20 heavy (non-hydrogen) atoms. The van der Waals surface area contributed by atoms with Crippen LogP contribution in [0.15, 0.2) is 24.3 Å². The van der Waals surface area contributed by atoms with Crippen LogP contribution >= 0.6 is 22.9 Å². The molecular weight excluding hydrogens is 302 g/mol. The molecule has 0 fully saturated rings. The van der Waals surface area contributed by atoms with E-state index in [9.17, 15) is 14.7 Å². The van der Waals surface area contributed by atoms with E-state index < -0.39 is 11.9 Å². The zero-order chi connectivity index (χ0) is 14.9. The van der Waals surface area contributed by atoms with Crippen LogP contribution in [0.5, 0.6) is 5.75 Å². The zero-order valence-electron chi connectivity index (χ0n) is 10.3. The van der Waals surface area contributed by atoms with Crippen LogP contribution in [-0.4, -0.2) is 22.1 Å². The van der Waals surface area contributed by atoms with Gasteiger partial charge in [0.1, 0.15) is 10.8 Å². The van der Waals surface area contributed by atoms with Crippen LogP contribution in [0.4, 0.5) is 5.00 Å². The lowest BCUT2D eigenvalue weighted by molar-refractivity contribution is 0.0698. The number of rotatable bonds is 3. The number of aromatic carboxylic acids is 1. The van der Waals surface area contributed by atoms with Gasteiger partial charge in [0.25, 0.3) is 5.91 Å². The third-order valence-electron chi connectivity index (χ3n) is 2.52. The number of amides is 1. The molecule has 0 bridgehead atoms. The van der Waals surface area contributed by atoms with Crippen molar-refractivity contribution >= 4 is 39.8 Å². The Morgan fingerprint density at radius 3 is 2.55 bits per heavy atom. The second-order valence-corrected chi connectivity index (χ2v) is 5.71. The molecule has 0 spiro atoms. The Balaban J connectivity index is 2.30. The van der Waals surface area contributed by atoms with E-state index >= 15 is 0 Å². The number of hydrogen-bond donors (Lipinski definition) is 3. The molecule has 1 heterocycles. The SMILES string of the molecule is Cc1cc(C(=O)O)c(NC(=O)c2ccc(Cl)cc2O)s1. The molecule has 1 aromatic carbocycles. The summed E-state index contributed by atoms with van der Waals surface area (Å²) >= 11 is 6.84. The van der Waals surface area contributed by atoms with Crippen LogP contribution in [0.2, 0.25) is 5.02 Å². The molecule has 3 N–H and O–H groups in total. The first-order chi connectivity index (χ1) is 9.38. The van der Waals surface area contributed by atoms with Gasteiger partial charge in [-0.25, -0.2) is 4.79 Å². The number of carbonyl (C=O) groups is 2. The highest BCUT2D eigenvalue weighted by atomic mass is 35.5. The third kappa shape index (κ3) is 2.92. The average Bonchev–Trinajstić information content (AvgIpc) is 2.70. The van der Waals surface area contributed by atoms with Crippen molar-refractivity contribution in [2.75, 3.05) is 5.32 Å².